The molecule has 0 radical (unpaired) electrons. The van der Waals surface area contributed by atoms with E-state index in [-0.39, 0.29) is 5.92 Å². The molecule has 0 fully saturated rings. The zero-order valence-corrected chi connectivity index (χ0v) is 11.7. The van der Waals surface area contributed by atoms with Crippen molar-refractivity contribution in [3.05, 3.63) is 30.1 Å². The third kappa shape index (κ3) is 3.30. The molecule has 1 heterocycles. The SMILES string of the molecule is CCCCOc1ccc(-n2nnnc2C(C)C)cc1. The van der Waals surface area contributed by atoms with Crippen molar-refractivity contribution < 1.29 is 4.74 Å². The molecule has 0 saturated carbocycles. The second-order valence-electron chi connectivity index (χ2n) is 4.80. The Labute approximate surface area is 113 Å². The quantitative estimate of drug-likeness (QED) is 0.749. The van der Waals surface area contributed by atoms with Gasteiger partial charge in [0.2, 0.25) is 0 Å². The van der Waals surface area contributed by atoms with Crippen LogP contribution in [-0.2, 0) is 0 Å². The molecule has 0 aliphatic rings. The Balaban J connectivity index is 2.11. The van der Waals surface area contributed by atoms with E-state index in [1.807, 2.05) is 24.3 Å². The Morgan fingerprint density at radius 2 is 1.95 bits per heavy atom. The van der Waals surface area contributed by atoms with Gasteiger partial charge in [-0.2, -0.15) is 4.68 Å². The van der Waals surface area contributed by atoms with E-state index in [0.29, 0.717) is 0 Å². The van der Waals surface area contributed by atoms with Crippen molar-refractivity contribution in [1.29, 1.82) is 0 Å². The van der Waals surface area contributed by atoms with E-state index in [1.165, 1.54) is 0 Å². The van der Waals surface area contributed by atoms with Crippen molar-refractivity contribution >= 4 is 0 Å². The van der Waals surface area contributed by atoms with Crippen molar-refractivity contribution in [2.45, 2.75) is 39.5 Å². The van der Waals surface area contributed by atoms with E-state index < -0.39 is 0 Å². The van der Waals surface area contributed by atoms with E-state index in [2.05, 4.69) is 36.3 Å². The maximum Gasteiger partial charge on any atom is 0.159 e. The molecule has 5 nitrogen and oxygen atoms in total. The predicted octanol–water partition coefficient (Wildman–Crippen LogP) is 2.96. The molecule has 5 heteroatoms. The van der Waals surface area contributed by atoms with Gasteiger partial charge < -0.3 is 4.74 Å². The van der Waals surface area contributed by atoms with Gasteiger partial charge in [0, 0.05) is 5.92 Å². The number of nitrogens with zero attached hydrogens (tertiary/aromatic N) is 4. The molecule has 0 aliphatic heterocycles. The van der Waals surface area contributed by atoms with Crippen LogP contribution in [0.5, 0.6) is 5.75 Å². The number of ether oxygens (including phenoxy) is 1. The summed E-state index contributed by atoms with van der Waals surface area (Å²) in [5.41, 5.74) is 0.955. The lowest BCUT2D eigenvalue weighted by Crippen LogP contribution is -2.05. The number of unbranched alkanes of at least 4 members (excludes halogenated alkanes) is 1. The zero-order valence-electron chi connectivity index (χ0n) is 11.7. The van der Waals surface area contributed by atoms with Gasteiger partial charge >= 0.3 is 0 Å². The first-order chi connectivity index (χ1) is 9.22. The van der Waals surface area contributed by atoms with Crippen LogP contribution in [0.3, 0.4) is 0 Å². The number of benzene rings is 1. The zero-order chi connectivity index (χ0) is 13.7. The van der Waals surface area contributed by atoms with E-state index in [4.69, 9.17) is 4.74 Å². The lowest BCUT2D eigenvalue weighted by molar-refractivity contribution is 0.309. The van der Waals surface area contributed by atoms with Crippen molar-refractivity contribution in [2.75, 3.05) is 6.61 Å². The fourth-order valence-corrected chi connectivity index (χ4v) is 1.76. The average molecular weight is 260 g/mol. The number of hydrogen-bond donors (Lipinski definition) is 0. The summed E-state index contributed by atoms with van der Waals surface area (Å²) in [5, 5.41) is 11.8. The molecule has 0 aliphatic carbocycles. The first-order valence-corrected chi connectivity index (χ1v) is 6.74. The standard InChI is InChI=1S/C14H20N4O/c1-4-5-10-19-13-8-6-12(7-9-13)18-14(11(2)3)15-16-17-18/h6-9,11H,4-5,10H2,1-3H3. The topological polar surface area (TPSA) is 52.8 Å². The molecule has 19 heavy (non-hydrogen) atoms. The summed E-state index contributed by atoms with van der Waals surface area (Å²) in [4.78, 5) is 0. The molecule has 1 aromatic carbocycles. The van der Waals surface area contributed by atoms with E-state index in [0.717, 1.165) is 36.7 Å². The Bertz CT molecular complexity index is 504. The van der Waals surface area contributed by atoms with Crippen molar-refractivity contribution in [3.63, 3.8) is 0 Å². The summed E-state index contributed by atoms with van der Waals surface area (Å²) in [6.45, 7) is 7.06. The van der Waals surface area contributed by atoms with Crippen LogP contribution in [0.2, 0.25) is 0 Å². The van der Waals surface area contributed by atoms with Crippen LogP contribution < -0.4 is 4.74 Å². The summed E-state index contributed by atoms with van der Waals surface area (Å²) in [6, 6.07) is 7.86. The Morgan fingerprint density at radius 1 is 1.21 bits per heavy atom. The Morgan fingerprint density at radius 3 is 2.58 bits per heavy atom. The molecule has 0 spiro atoms. The van der Waals surface area contributed by atoms with Crippen LogP contribution in [0.15, 0.2) is 24.3 Å². The molecular formula is C14H20N4O. The van der Waals surface area contributed by atoms with Gasteiger partial charge in [-0.05, 0) is 41.1 Å². The minimum absolute atomic E-state index is 0.287. The van der Waals surface area contributed by atoms with Crippen LogP contribution >= 0.6 is 0 Å². The third-order valence-corrected chi connectivity index (χ3v) is 2.86. The third-order valence-electron chi connectivity index (χ3n) is 2.86. The molecule has 2 rings (SSSR count). The van der Waals surface area contributed by atoms with E-state index >= 15 is 0 Å². The molecule has 102 valence electrons. The molecule has 2 aromatic rings. The van der Waals surface area contributed by atoms with Gasteiger partial charge in [-0.1, -0.05) is 27.2 Å². The molecule has 0 N–H and O–H groups in total. The van der Waals surface area contributed by atoms with Crippen LogP contribution in [0.25, 0.3) is 5.69 Å². The minimum Gasteiger partial charge on any atom is -0.494 e. The lowest BCUT2D eigenvalue weighted by Gasteiger charge is -2.08. The van der Waals surface area contributed by atoms with Crippen LogP contribution in [0, 0.1) is 0 Å². The maximum atomic E-state index is 5.64. The highest BCUT2D eigenvalue weighted by molar-refractivity contribution is 5.37. The molecule has 0 bridgehead atoms. The summed E-state index contributed by atoms with van der Waals surface area (Å²) < 4.78 is 7.40. The van der Waals surface area contributed by atoms with Crippen LogP contribution in [0.4, 0.5) is 0 Å². The highest BCUT2D eigenvalue weighted by Crippen LogP contribution is 2.18. The Kier molecular flexibility index (Phi) is 4.49. The summed E-state index contributed by atoms with van der Waals surface area (Å²) in [7, 11) is 0. The fourth-order valence-electron chi connectivity index (χ4n) is 1.76. The van der Waals surface area contributed by atoms with Gasteiger partial charge in [0.05, 0.1) is 12.3 Å². The van der Waals surface area contributed by atoms with Gasteiger partial charge in [0.1, 0.15) is 5.75 Å². The molecule has 0 amide bonds. The van der Waals surface area contributed by atoms with Gasteiger partial charge in [-0.15, -0.1) is 5.10 Å². The molecule has 1 aromatic heterocycles. The first kappa shape index (κ1) is 13.5. The lowest BCUT2D eigenvalue weighted by atomic mass is 10.2. The fraction of sp³-hybridized carbons (Fsp3) is 0.500. The van der Waals surface area contributed by atoms with Crippen LogP contribution in [-0.4, -0.2) is 26.8 Å². The summed E-state index contributed by atoms with van der Waals surface area (Å²) >= 11 is 0. The number of aromatic nitrogens is 4. The molecule has 0 unspecified atom stereocenters. The first-order valence-electron chi connectivity index (χ1n) is 6.74. The number of rotatable bonds is 6. The number of hydrogen-bond acceptors (Lipinski definition) is 4. The second-order valence-corrected chi connectivity index (χ2v) is 4.80. The van der Waals surface area contributed by atoms with Crippen molar-refractivity contribution in [1.82, 2.24) is 20.2 Å². The normalized spacial score (nSPS) is 10.9. The van der Waals surface area contributed by atoms with E-state index in [1.54, 1.807) is 4.68 Å². The largest absolute Gasteiger partial charge is 0.494 e. The highest BCUT2D eigenvalue weighted by atomic mass is 16.5. The van der Waals surface area contributed by atoms with E-state index in [9.17, 15) is 0 Å². The highest BCUT2D eigenvalue weighted by Gasteiger charge is 2.11. The van der Waals surface area contributed by atoms with Gasteiger partial charge in [-0.25, -0.2) is 0 Å². The predicted molar refractivity (Wildman–Crippen MR) is 73.6 cm³/mol. The number of tetrazole rings is 1. The summed E-state index contributed by atoms with van der Waals surface area (Å²) in [5.74, 6) is 2.03. The Hall–Kier alpha value is -1.91. The summed E-state index contributed by atoms with van der Waals surface area (Å²) in [6.07, 6.45) is 2.21. The maximum absolute atomic E-state index is 5.64. The second kappa shape index (κ2) is 6.31. The molecule has 0 saturated heterocycles. The van der Waals surface area contributed by atoms with Crippen molar-refractivity contribution in [2.24, 2.45) is 0 Å². The van der Waals surface area contributed by atoms with Crippen molar-refractivity contribution in [3.8, 4) is 11.4 Å². The minimum atomic E-state index is 0.287. The average Bonchev–Trinajstić information content (AvgIpc) is 2.89. The molecule has 0 atom stereocenters. The van der Waals surface area contributed by atoms with Gasteiger partial charge in [-0.3, -0.25) is 0 Å². The van der Waals surface area contributed by atoms with Gasteiger partial charge in [0.15, 0.2) is 5.82 Å². The smallest absolute Gasteiger partial charge is 0.159 e. The monoisotopic (exact) mass is 260 g/mol. The van der Waals surface area contributed by atoms with Gasteiger partial charge in [0.25, 0.3) is 0 Å². The molecular weight excluding hydrogens is 240 g/mol. The van der Waals surface area contributed by atoms with Crippen LogP contribution in [0.1, 0.15) is 45.4 Å².